The third-order valence-electron chi connectivity index (χ3n) is 3.07. The molecule has 146 valence electrons. The van der Waals surface area contributed by atoms with Crippen molar-refractivity contribution in [2.75, 3.05) is 6.61 Å². The SMILES string of the molecule is O=c1ccn([C@@H]2O[C@H](COP(=O)(O)OP(=O)(O)O)[C@@H](O)[C@H]2O)c(=O)[nH]1.[Ca+2].[H-].[H-]. The summed E-state index contributed by atoms with van der Waals surface area (Å²) in [5, 5.41) is 19.8. The number of aromatic nitrogens is 2. The first kappa shape index (κ1) is 24.1. The molecule has 0 spiro atoms. The predicted octanol–water partition coefficient (Wildman–Crippen LogP) is -2.77. The summed E-state index contributed by atoms with van der Waals surface area (Å²) < 4.78 is 35.6. The first-order valence-corrected chi connectivity index (χ1v) is 9.49. The number of ether oxygens (including phenoxy) is 1. The summed E-state index contributed by atoms with van der Waals surface area (Å²) in [5.41, 5.74) is -1.65. The Kier molecular flexibility index (Phi) is 8.40. The van der Waals surface area contributed by atoms with E-state index in [2.05, 4.69) is 8.83 Å². The molecule has 5 atom stereocenters. The second kappa shape index (κ2) is 9.05. The van der Waals surface area contributed by atoms with Crippen molar-refractivity contribution in [3.63, 3.8) is 0 Å². The molecule has 0 amide bonds. The second-order valence-electron chi connectivity index (χ2n) is 4.90. The summed E-state index contributed by atoms with van der Waals surface area (Å²) in [6.07, 6.45) is -5.25. The summed E-state index contributed by atoms with van der Waals surface area (Å²) in [4.78, 5) is 50.7. The van der Waals surface area contributed by atoms with Crippen LogP contribution < -0.4 is 11.2 Å². The molecule has 1 aromatic rings. The van der Waals surface area contributed by atoms with Gasteiger partial charge in [-0.3, -0.25) is 18.9 Å². The molecule has 0 bridgehead atoms. The third kappa shape index (κ3) is 6.31. The average Bonchev–Trinajstić information content (AvgIpc) is 2.71. The Morgan fingerprint density at radius 3 is 2.38 bits per heavy atom. The van der Waals surface area contributed by atoms with Gasteiger partial charge in [-0.25, -0.2) is 13.9 Å². The fourth-order valence-corrected chi connectivity index (χ4v) is 3.65. The van der Waals surface area contributed by atoms with Gasteiger partial charge in [-0.05, 0) is 0 Å². The zero-order valence-corrected chi connectivity index (χ0v) is 16.8. The van der Waals surface area contributed by atoms with E-state index in [9.17, 15) is 28.9 Å². The van der Waals surface area contributed by atoms with E-state index in [1.165, 1.54) is 0 Å². The molecule has 0 aromatic carbocycles. The van der Waals surface area contributed by atoms with Crippen molar-refractivity contribution in [3.05, 3.63) is 33.1 Å². The number of nitrogens with zero attached hydrogens (tertiary/aromatic N) is 1. The third-order valence-corrected chi connectivity index (χ3v) is 5.23. The number of H-pyrrole nitrogens is 1. The first-order chi connectivity index (χ1) is 11.4. The maximum atomic E-state index is 11.7. The minimum absolute atomic E-state index is 0. The number of aliphatic hydroxyl groups is 2. The Morgan fingerprint density at radius 1 is 1.23 bits per heavy atom. The van der Waals surface area contributed by atoms with Gasteiger partial charge in [0, 0.05) is 12.3 Å². The minimum Gasteiger partial charge on any atom is -1.00 e. The number of hydrogen-bond acceptors (Lipinski definition) is 9. The average molecular weight is 446 g/mol. The molecule has 0 radical (unpaired) electrons. The standard InChI is InChI=1S/C9H14N2O12P2.Ca.2H/c12-5-1-2-11(9(15)10-5)8-7(14)6(13)4(22-8)3-21-25(19,20)23-24(16,17)18;;;/h1-2,4,6-8,13-14H,3H2,(H,19,20)(H,10,12,15)(H2,16,17,18);;;/q;+2;2*-1/t4-,6-,7-,8-;;;/m1.../s1. The molecule has 0 aliphatic carbocycles. The van der Waals surface area contributed by atoms with Gasteiger partial charge < -0.3 is 32.5 Å². The number of rotatable bonds is 6. The van der Waals surface area contributed by atoms with E-state index < -0.39 is 58.0 Å². The fraction of sp³-hybridized carbons (Fsp3) is 0.556. The largest absolute Gasteiger partial charge is 2.00 e. The number of aliphatic hydroxyl groups excluding tert-OH is 2. The van der Waals surface area contributed by atoms with Crippen LogP contribution in [0.25, 0.3) is 0 Å². The predicted molar refractivity (Wildman–Crippen MR) is 84.1 cm³/mol. The van der Waals surface area contributed by atoms with Crippen molar-refractivity contribution in [1.29, 1.82) is 0 Å². The summed E-state index contributed by atoms with van der Waals surface area (Å²) in [6, 6.07) is 0.962. The van der Waals surface area contributed by atoms with Gasteiger partial charge in [0.2, 0.25) is 0 Å². The van der Waals surface area contributed by atoms with Gasteiger partial charge in [-0.2, -0.15) is 4.31 Å². The molecule has 6 N–H and O–H groups in total. The van der Waals surface area contributed by atoms with E-state index in [1.54, 1.807) is 0 Å². The Balaban J connectivity index is 0. The van der Waals surface area contributed by atoms with Crippen molar-refractivity contribution in [1.82, 2.24) is 9.55 Å². The van der Waals surface area contributed by atoms with Gasteiger partial charge in [-0.15, -0.1) is 0 Å². The molecule has 2 rings (SSSR count). The number of phosphoric acid groups is 2. The Bertz CT molecular complexity index is 845. The Hall–Kier alpha value is 0.0797. The molecule has 1 aromatic heterocycles. The minimum atomic E-state index is -5.32. The number of phosphoric ester groups is 1. The Morgan fingerprint density at radius 2 is 1.85 bits per heavy atom. The summed E-state index contributed by atoms with van der Waals surface area (Å²) in [6.45, 7) is -0.902. The molecular weight excluding hydrogens is 430 g/mol. The van der Waals surface area contributed by atoms with Crippen molar-refractivity contribution in [3.8, 4) is 0 Å². The van der Waals surface area contributed by atoms with E-state index in [0.717, 1.165) is 16.8 Å². The molecule has 26 heavy (non-hydrogen) atoms. The molecular formula is C9H16CaN2O12P2. The van der Waals surface area contributed by atoms with Crippen LogP contribution in [0.1, 0.15) is 9.08 Å². The van der Waals surface area contributed by atoms with Gasteiger partial charge in [0.15, 0.2) is 6.23 Å². The van der Waals surface area contributed by atoms with Crippen LogP contribution >= 0.6 is 15.6 Å². The zero-order chi connectivity index (χ0) is 19.0. The van der Waals surface area contributed by atoms with Gasteiger partial charge >= 0.3 is 59.1 Å². The topological polar surface area (TPSA) is 218 Å². The second-order valence-corrected chi connectivity index (χ2v) is 7.73. The van der Waals surface area contributed by atoms with Crippen molar-refractivity contribution < 1.29 is 50.4 Å². The van der Waals surface area contributed by atoms with Crippen LogP contribution in [0.15, 0.2) is 21.9 Å². The molecule has 2 heterocycles. The van der Waals surface area contributed by atoms with Crippen molar-refractivity contribution >= 4 is 53.4 Å². The van der Waals surface area contributed by atoms with Crippen LogP contribution in [0.4, 0.5) is 0 Å². The van der Waals surface area contributed by atoms with Crippen molar-refractivity contribution in [2.24, 2.45) is 0 Å². The van der Waals surface area contributed by atoms with Gasteiger partial charge in [0.1, 0.15) is 18.3 Å². The van der Waals surface area contributed by atoms with E-state index in [-0.39, 0.29) is 40.6 Å². The molecule has 1 fully saturated rings. The monoisotopic (exact) mass is 446 g/mol. The van der Waals surface area contributed by atoms with Crippen LogP contribution in [0.3, 0.4) is 0 Å². The molecule has 1 saturated heterocycles. The molecule has 1 aliphatic heterocycles. The summed E-state index contributed by atoms with van der Waals surface area (Å²) in [7, 11) is -10.5. The summed E-state index contributed by atoms with van der Waals surface area (Å²) >= 11 is 0. The Labute approximate surface area is 177 Å². The summed E-state index contributed by atoms with van der Waals surface area (Å²) in [5.74, 6) is 0. The van der Waals surface area contributed by atoms with Crippen LogP contribution in [-0.4, -0.2) is 97.1 Å². The van der Waals surface area contributed by atoms with Crippen LogP contribution in [0.2, 0.25) is 0 Å². The number of aromatic amines is 1. The maximum absolute atomic E-state index is 11.7. The molecule has 17 heteroatoms. The van der Waals surface area contributed by atoms with Crippen LogP contribution in [-0.2, 0) is 22.7 Å². The van der Waals surface area contributed by atoms with E-state index >= 15 is 0 Å². The molecule has 0 saturated carbocycles. The normalized spacial score (nSPS) is 28.3. The van der Waals surface area contributed by atoms with Gasteiger partial charge in [-0.1, -0.05) is 0 Å². The van der Waals surface area contributed by atoms with Crippen LogP contribution in [0.5, 0.6) is 0 Å². The molecule has 1 unspecified atom stereocenters. The smallest absolute Gasteiger partial charge is 1.00 e. The van der Waals surface area contributed by atoms with Gasteiger partial charge in [0.05, 0.1) is 6.61 Å². The molecule has 1 aliphatic rings. The van der Waals surface area contributed by atoms with E-state index in [0.29, 0.717) is 0 Å². The number of hydrogen-bond donors (Lipinski definition) is 6. The number of nitrogens with one attached hydrogen (secondary N) is 1. The van der Waals surface area contributed by atoms with Crippen LogP contribution in [0, 0.1) is 0 Å². The van der Waals surface area contributed by atoms with Crippen molar-refractivity contribution in [2.45, 2.75) is 24.5 Å². The van der Waals surface area contributed by atoms with Gasteiger partial charge in [0.25, 0.3) is 5.56 Å². The zero-order valence-electron chi connectivity index (χ0n) is 14.8. The molecule has 14 nitrogen and oxygen atoms in total. The van der Waals surface area contributed by atoms with E-state index in [4.69, 9.17) is 19.4 Å². The maximum Gasteiger partial charge on any atom is 2.00 e. The fourth-order valence-electron chi connectivity index (χ4n) is 2.05. The first-order valence-electron chi connectivity index (χ1n) is 6.47. The van der Waals surface area contributed by atoms with E-state index in [1.807, 2.05) is 4.98 Å². The quantitative estimate of drug-likeness (QED) is 0.193.